The molecule has 2 rings (SSSR count). The quantitative estimate of drug-likeness (QED) is 0.866. The second kappa shape index (κ2) is 4.92. The highest BCUT2D eigenvalue weighted by atomic mass is 16.3. The van der Waals surface area contributed by atoms with E-state index in [0.29, 0.717) is 12.5 Å². The zero-order chi connectivity index (χ0) is 12.4. The Morgan fingerprint density at radius 3 is 2.88 bits per heavy atom. The monoisotopic (exact) mass is 236 g/mol. The van der Waals surface area contributed by atoms with Gasteiger partial charge in [0.25, 0.3) is 0 Å². The van der Waals surface area contributed by atoms with Gasteiger partial charge in [0.05, 0.1) is 12.6 Å². The summed E-state index contributed by atoms with van der Waals surface area (Å²) < 4.78 is 5.48. The first-order valence-corrected chi connectivity index (χ1v) is 6.11. The minimum Gasteiger partial charge on any atom is -0.464 e. The van der Waals surface area contributed by atoms with Crippen molar-refractivity contribution in [2.45, 2.75) is 32.9 Å². The molecule has 0 aromatic carbocycles. The Bertz CT molecular complexity index is 400. The van der Waals surface area contributed by atoms with Gasteiger partial charge in [-0.25, -0.2) is 0 Å². The molecule has 4 nitrogen and oxygen atoms in total. The van der Waals surface area contributed by atoms with E-state index in [1.54, 1.807) is 4.90 Å². The van der Waals surface area contributed by atoms with Crippen LogP contribution in [0, 0.1) is 12.8 Å². The lowest BCUT2D eigenvalue weighted by molar-refractivity contribution is -0.133. The third kappa shape index (κ3) is 2.69. The predicted octanol–water partition coefficient (Wildman–Crippen LogP) is 1.54. The van der Waals surface area contributed by atoms with E-state index < -0.39 is 0 Å². The van der Waals surface area contributed by atoms with E-state index in [1.165, 1.54) is 0 Å². The molecule has 0 aliphatic carbocycles. The van der Waals surface area contributed by atoms with E-state index in [4.69, 9.17) is 4.42 Å². The average Bonchev–Trinajstić information content (AvgIpc) is 2.86. The van der Waals surface area contributed by atoms with Crippen LogP contribution in [0.2, 0.25) is 0 Å². The SMILES string of the molecule is Cc1ccc(CN(C)C(=O)C2NCCC2C)o1. The summed E-state index contributed by atoms with van der Waals surface area (Å²) in [5, 5.41) is 3.26. The normalized spacial score (nSPS) is 23.9. The molecule has 1 N–H and O–H groups in total. The Kier molecular flexibility index (Phi) is 3.52. The highest BCUT2D eigenvalue weighted by molar-refractivity contribution is 5.82. The van der Waals surface area contributed by atoms with Gasteiger partial charge in [0.1, 0.15) is 11.5 Å². The highest BCUT2D eigenvalue weighted by Crippen LogP contribution is 2.17. The third-order valence-corrected chi connectivity index (χ3v) is 3.36. The Balaban J connectivity index is 1.95. The molecule has 17 heavy (non-hydrogen) atoms. The molecule has 94 valence electrons. The summed E-state index contributed by atoms with van der Waals surface area (Å²) in [5.74, 6) is 2.30. The number of nitrogens with one attached hydrogen (secondary N) is 1. The van der Waals surface area contributed by atoms with Crippen molar-refractivity contribution in [3.8, 4) is 0 Å². The van der Waals surface area contributed by atoms with Crippen molar-refractivity contribution in [3.63, 3.8) is 0 Å². The number of hydrogen-bond donors (Lipinski definition) is 1. The molecule has 1 aliphatic rings. The number of aryl methyl sites for hydroxylation is 1. The Hall–Kier alpha value is -1.29. The van der Waals surface area contributed by atoms with Gasteiger partial charge in [0, 0.05) is 7.05 Å². The van der Waals surface area contributed by atoms with E-state index in [-0.39, 0.29) is 11.9 Å². The second-order valence-corrected chi connectivity index (χ2v) is 4.90. The van der Waals surface area contributed by atoms with Gasteiger partial charge >= 0.3 is 0 Å². The minimum atomic E-state index is -0.0314. The first-order valence-electron chi connectivity index (χ1n) is 6.11. The lowest BCUT2D eigenvalue weighted by Gasteiger charge is -2.22. The first-order chi connectivity index (χ1) is 8.08. The Morgan fingerprint density at radius 1 is 1.59 bits per heavy atom. The molecule has 1 fully saturated rings. The van der Waals surface area contributed by atoms with Gasteiger partial charge in [-0.15, -0.1) is 0 Å². The molecule has 1 aliphatic heterocycles. The molecule has 0 radical (unpaired) electrons. The van der Waals surface area contributed by atoms with E-state index in [2.05, 4.69) is 12.2 Å². The summed E-state index contributed by atoms with van der Waals surface area (Å²) in [6, 6.07) is 3.81. The number of likely N-dealkylation sites (N-methyl/N-ethyl adjacent to an activating group) is 1. The molecule has 2 unspecified atom stereocenters. The van der Waals surface area contributed by atoms with Crippen LogP contribution in [0.25, 0.3) is 0 Å². The molecule has 4 heteroatoms. The molecule has 0 spiro atoms. The zero-order valence-electron chi connectivity index (χ0n) is 10.7. The number of furan rings is 1. The Labute approximate surface area is 102 Å². The van der Waals surface area contributed by atoms with Gasteiger partial charge in [-0.3, -0.25) is 4.79 Å². The third-order valence-electron chi connectivity index (χ3n) is 3.36. The molecule has 1 aromatic heterocycles. The van der Waals surface area contributed by atoms with Crippen molar-refractivity contribution in [3.05, 3.63) is 23.7 Å². The van der Waals surface area contributed by atoms with Gasteiger partial charge in [-0.2, -0.15) is 0 Å². The van der Waals surface area contributed by atoms with Crippen LogP contribution in [-0.4, -0.2) is 30.4 Å². The predicted molar refractivity (Wildman–Crippen MR) is 65.5 cm³/mol. The fourth-order valence-corrected chi connectivity index (χ4v) is 2.28. The first kappa shape index (κ1) is 12.2. The topological polar surface area (TPSA) is 45.5 Å². The van der Waals surface area contributed by atoms with Crippen LogP contribution < -0.4 is 5.32 Å². The number of hydrogen-bond acceptors (Lipinski definition) is 3. The summed E-state index contributed by atoms with van der Waals surface area (Å²) >= 11 is 0. The van der Waals surface area contributed by atoms with E-state index in [0.717, 1.165) is 24.5 Å². The molecule has 1 saturated heterocycles. The summed E-state index contributed by atoms with van der Waals surface area (Å²) in [5.41, 5.74) is 0. The Morgan fingerprint density at radius 2 is 2.35 bits per heavy atom. The molecule has 1 amide bonds. The molecule has 0 saturated carbocycles. The number of carbonyl (C=O) groups excluding carboxylic acids is 1. The lowest BCUT2D eigenvalue weighted by atomic mass is 10.0. The van der Waals surface area contributed by atoms with Crippen molar-refractivity contribution < 1.29 is 9.21 Å². The molecule has 0 bridgehead atoms. The van der Waals surface area contributed by atoms with Crippen LogP contribution in [0.15, 0.2) is 16.5 Å². The van der Waals surface area contributed by atoms with Crippen LogP contribution in [0.4, 0.5) is 0 Å². The van der Waals surface area contributed by atoms with E-state index in [9.17, 15) is 4.79 Å². The van der Waals surface area contributed by atoms with Crippen molar-refractivity contribution >= 4 is 5.91 Å². The number of rotatable bonds is 3. The van der Waals surface area contributed by atoms with Crippen LogP contribution in [-0.2, 0) is 11.3 Å². The smallest absolute Gasteiger partial charge is 0.240 e. The molecule has 2 atom stereocenters. The van der Waals surface area contributed by atoms with E-state index >= 15 is 0 Å². The van der Waals surface area contributed by atoms with Crippen molar-refractivity contribution in [1.29, 1.82) is 0 Å². The highest BCUT2D eigenvalue weighted by Gasteiger charge is 2.31. The van der Waals surface area contributed by atoms with Crippen LogP contribution in [0.5, 0.6) is 0 Å². The van der Waals surface area contributed by atoms with Crippen molar-refractivity contribution in [2.75, 3.05) is 13.6 Å². The maximum atomic E-state index is 12.2. The largest absolute Gasteiger partial charge is 0.464 e. The van der Waals surface area contributed by atoms with Crippen LogP contribution in [0.1, 0.15) is 24.9 Å². The van der Waals surface area contributed by atoms with Crippen LogP contribution in [0.3, 0.4) is 0 Å². The number of carbonyl (C=O) groups is 1. The average molecular weight is 236 g/mol. The fraction of sp³-hybridized carbons (Fsp3) is 0.615. The lowest BCUT2D eigenvalue weighted by Crippen LogP contribution is -2.43. The van der Waals surface area contributed by atoms with Crippen molar-refractivity contribution in [1.82, 2.24) is 10.2 Å². The maximum absolute atomic E-state index is 12.2. The fourth-order valence-electron chi connectivity index (χ4n) is 2.28. The second-order valence-electron chi connectivity index (χ2n) is 4.90. The van der Waals surface area contributed by atoms with Gasteiger partial charge in [-0.1, -0.05) is 6.92 Å². The summed E-state index contributed by atoms with van der Waals surface area (Å²) in [7, 11) is 1.83. The number of amides is 1. The van der Waals surface area contributed by atoms with Gasteiger partial charge in [0.15, 0.2) is 0 Å². The summed E-state index contributed by atoms with van der Waals surface area (Å²) in [6.07, 6.45) is 1.07. The maximum Gasteiger partial charge on any atom is 0.240 e. The number of nitrogens with zero attached hydrogens (tertiary/aromatic N) is 1. The van der Waals surface area contributed by atoms with Gasteiger partial charge in [-0.05, 0) is 37.9 Å². The summed E-state index contributed by atoms with van der Waals surface area (Å²) in [4.78, 5) is 13.9. The van der Waals surface area contributed by atoms with Crippen LogP contribution >= 0.6 is 0 Å². The molecule has 1 aromatic rings. The molecular formula is C13H20N2O2. The van der Waals surface area contributed by atoms with Crippen molar-refractivity contribution in [2.24, 2.45) is 5.92 Å². The van der Waals surface area contributed by atoms with E-state index in [1.807, 2.05) is 26.1 Å². The zero-order valence-corrected chi connectivity index (χ0v) is 10.7. The standard InChI is InChI=1S/C13H20N2O2/c1-9-6-7-14-12(9)13(16)15(3)8-11-5-4-10(2)17-11/h4-5,9,12,14H,6-8H2,1-3H3. The summed E-state index contributed by atoms with van der Waals surface area (Å²) in [6.45, 7) is 5.50. The van der Waals surface area contributed by atoms with Gasteiger partial charge in [0.2, 0.25) is 5.91 Å². The minimum absolute atomic E-state index is 0.0314. The van der Waals surface area contributed by atoms with Gasteiger partial charge < -0.3 is 14.6 Å². The molecule has 2 heterocycles. The molecular weight excluding hydrogens is 216 g/mol.